The fourth-order valence-corrected chi connectivity index (χ4v) is 2.89. The summed E-state index contributed by atoms with van der Waals surface area (Å²) in [7, 11) is 1.92. The number of halogens is 1. The molecule has 106 valence electrons. The van der Waals surface area contributed by atoms with Crippen molar-refractivity contribution in [1.29, 1.82) is 5.26 Å². The summed E-state index contributed by atoms with van der Waals surface area (Å²) >= 11 is 3.40. The summed E-state index contributed by atoms with van der Waals surface area (Å²) in [5.74, 6) is 0.386. The Labute approximate surface area is 128 Å². The van der Waals surface area contributed by atoms with Gasteiger partial charge in [0, 0.05) is 23.2 Å². The smallest absolute Gasteiger partial charge is 0.245 e. The van der Waals surface area contributed by atoms with Crippen LogP contribution in [-0.4, -0.2) is 37.0 Å². The molecule has 1 aromatic carbocycles. The standard InChI is InChI=1S/C15H18BrN3O/c1-11-9-18(2)14(7-8-17)15(20)19(10-11)13-5-3-12(16)4-6-13/h3-6,11,14H,7,9-10H2,1-2H3. The predicted molar refractivity (Wildman–Crippen MR) is 82.3 cm³/mol. The van der Waals surface area contributed by atoms with Crippen LogP contribution in [0.1, 0.15) is 13.3 Å². The third kappa shape index (κ3) is 3.20. The molecular weight excluding hydrogens is 318 g/mol. The number of carbonyl (C=O) groups excluding carboxylic acids is 1. The van der Waals surface area contributed by atoms with Gasteiger partial charge in [-0.25, -0.2) is 0 Å². The predicted octanol–water partition coefficient (Wildman–Crippen LogP) is 2.65. The molecule has 0 aromatic heterocycles. The van der Waals surface area contributed by atoms with E-state index >= 15 is 0 Å². The van der Waals surface area contributed by atoms with E-state index in [0.29, 0.717) is 12.5 Å². The summed E-state index contributed by atoms with van der Waals surface area (Å²) in [4.78, 5) is 16.5. The first-order valence-electron chi connectivity index (χ1n) is 6.67. The topological polar surface area (TPSA) is 47.3 Å². The van der Waals surface area contributed by atoms with Gasteiger partial charge in [-0.2, -0.15) is 5.26 Å². The highest BCUT2D eigenvalue weighted by molar-refractivity contribution is 9.10. The van der Waals surface area contributed by atoms with Gasteiger partial charge in [0.15, 0.2) is 0 Å². The summed E-state index contributed by atoms with van der Waals surface area (Å²) in [6.45, 7) is 3.64. The fraction of sp³-hybridized carbons (Fsp3) is 0.467. The molecule has 5 heteroatoms. The van der Waals surface area contributed by atoms with Gasteiger partial charge < -0.3 is 4.90 Å². The molecule has 0 spiro atoms. The SMILES string of the molecule is CC1CN(c2ccc(Br)cc2)C(=O)C(CC#N)N(C)C1. The highest BCUT2D eigenvalue weighted by Crippen LogP contribution is 2.24. The van der Waals surface area contributed by atoms with Gasteiger partial charge in [0.25, 0.3) is 0 Å². The number of carbonyl (C=O) groups is 1. The number of nitriles is 1. The van der Waals surface area contributed by atoms with Crippen molar-refractivity contribution in [3.63, 3.8) is 0 Å². The quantitative estimate of drug-likeness (QED) is 0.834. The van der Waals surface area contributed by atoms with Crippen molar-refractivity contribution in [2.24, 2.45) is 5.92 Å². The summed E-state index contributed by atoms with van der Waals surface area (Å²) in [5.41, 5.74) is 0.892. The lowest BCUT2D eigenvalue weighted by atomic mass is 10.1. The molecule has 4 nitrogen and oxygen atoms in total. The Hall–Kier alpha value is -1.38. The second kappa shape index (κ2) is 6.38. The van der Waals surface area contributed by atoms with Crippen molar-refractivity contribution in [2.45, 2.75) is 19.4 Å². The van der Waals surface area contributed by atoms with E-state index in [9.17, 15) is 4.79 Å². The molecule has 0 aliphatic carbocycles. The molecule has 1 heterocycles. The molecule has 20 heavy (non-hydrogen) atoms. The number of nitrogens with zero attached hydrogens (tertiary/aromatic N) is 3. The lowest BCUT2D eigenvalue weighted by Gasteiger charge is -2.26. The van der Waals surface area contributed by atoms with E-state index < -0.39 is 0 Å². The Bertz CT molecular complexity index is 523. The van der Waals surface area contributed by atoms with Crippen molar-refractivity contribution < 1.29 is 4.79 Å². The Morgan fingerprint density at radius 1 is 1.35 bits per heavy atom. The molecule has 1 saturated heterocycles. The molecule has 0 N–H and O–H groups in total. The number of amides is 1. The molecular formula is C15H18BrN3O. The summed E-state index contributed by atoms with van der Waals surface area (Å²) in [6.07, 6.45) is 0.231. The van der Waals surface area contributed by atoms with Crippen LogP contribution in [0.25, 0.3) is 0 Å². The highest BCUT2D eigenvalue weighted by atomic mass is 79.9. The zero-order chi connectivity index (χ0) is 14.7. The van der Waals surface area contributed by atoms with Gasteiger partial charge in [0.2, 0.25) is 5.91 Å². The van der Waals surface area contributed by atoms with Crippen LogP contribution in [0.15, 0.2) is 28.7 Å². The number of likely N-dealkylation sites (N-methyl/N-ethyl adjacent to an activating group) is 1. The molecule has 0 bridgehead atoms. The maximum Gasteiger partial charge on any atom is 0.245 e. The van der Waals surface area contributed by atoms with Crippen molar-refractivity contribution in [3.8, 4) is 6.07 Å². The third-order valence-electron chi connectivity index (χ3n) is 3.60. The van der Waals surface area contributed by atoms with Gasteiger partial charge in [0.1, 0.15) is 6.04 Å². The number of rotatable bonds is 2. The van der Waals surface area contributed by atoms with E-state index in [1.165, 1.54) is 0 Å². The third-order valence-corrected chi connectivity index (χ3v) is 4.13. The first kappa shape index (κ1) is 15.0. The molecule has 1 aromatic rings. The Morgan fingerprint density at radius 2 is 2.00 bits per heavy atom. The van der Waals surface area contributed by atoms with Crippen molar-refractivity contribution in [1.82, 2.24) is 4.90 Å². The molecule has 1 aliphatic rings. The number of benzene rings is 1. The van der Waals surface area contributed by atoms with E-state index in [2.05, 4.69) is 28.9 Å². The summed E-state index contributed by atoms with van der Waals surface area (Å²) in [6, 6.07) is 9.50. The van der Waals surface area contributed by atoms with E-state index in [-0.39, 0.29) is 18.4 Å². The highest BCUT2D eigenvalue weighted by Gasteiger charge is 2.33. The number of anilines is 1. The first-order valence-corrected chi connectivity index (χ1v) is 7.46. The molecule has 2 unspecified atom stereocenters. The average molecular weight is 336 g/mol. The van der Waals surface area contributed by atoms with Gasteiger partial charge in [-0.3, -0.25) is 9.69 Å². The monoisotopic (exact) mass is 335 g/mol. The van der Waals surface area contributed by atoms with E-state index in [4.69, 9.17) is 5.26 Å². The molecule has 0 radical (unpaired) electrons. The first-order chi connectivity index (χ1) is 9.52. The number of hydrogen-bond donors (Lipinski definition) is 0. The molecule has 1 fully saturated rings. The van der Waals surface area contributed by atoms with Crippen LogP contribution in [0.5, 0.6) is 0 Å². The average Bonchev–Trinajstić information content (AvgIpc) is 2.51. The van der Waals surface area contributed by atoms with Crippen LogP contribution in [0.2, 0.25) is 0 Å². The largest absolute Gasteiger partial charge is 0.311 e. The summed E-state index contributed by atoms with van der Waals surface area (Å²) in [5, 5.41) is 8.95. The second-order valence-corrected chi connectivity index (χ2v) is 6.26. The normalized spacial score (nSPS) is 24.3. The number of hydrogen-bond acceptors (Lipinski definition) is 3. The van der Waals surface area contributed by atoms with Crippen molar-refractivity contribution >= 4 is 27.5 Å². The van der Waals surface area contributed by atoms with Crippen LogP contribution in [0, 0.1) is 17.2 Å². The maximum absolute atomic E-state index is 12.7. The molecule has 0 saturated carbocycles. The van der Waals surface area contributed by atoms with Gasteiger partial charge >= 0.3 is 0 Å². The lowest BCUT2D eigenvalue weighted by molar-refractivity contribution is -0.122. The van der Waals surface area contributed by atoms with Gasteiger partial charge in [-0.15, -0.1) is 0 Å². The van der Waals surface area contributed by atoms with Crippen LogP contribution in [0.3, 0.4) is 0 Å². The van der Waals surface area contributed by atoms with Gasteiger partial charge in [-0.05, 0) is 37.2 Å². The molecule has 2 atom stereocenters. The Balaban J connectivity index is 2.32. The van der Waals surface area contributed by atoms with Crippen molar-refractivity contribution in [3.05, 3.63) is 28.7 Å². The summed E-state index contributed by atoms with van der Waals surface area (Å²) < 4.78 is 0.988. The zero-order valence-electron chi connectivity index (χ0n) is 11.7. The fourth-order valence-electron chi connectivity index (χ4n) is 2.63. The Morgan fingerprint density at radius 3 is 2.60 bits per heavy atom. The van der Waals surface area contributed by atoms with Gasteiger partial charge in [0.05, 0.1) is 12.5 Å². The molecule has 1 aliphatic heterocycles. The van der Waals surface area contributed by atoms with Crippen LogP contribution < -0.4 is 4.90 Å². The van der Waals surface area contributed by atoms with E-state index in [1.807, 2.05) is 41.1 Å². The van der Waals surface area contributed by atoms with Crippen LogP contribution >= 0.6 is 15.9 Å². The van der Waals surface area contributed by atoms with Crippen LogP contribution in [-0.2, 0) is 4.79 Å². The lowest BCUT2D eigenvalue weighted by Crippen LogP contribution is -2.44. The minimum absolute atomic E-state index is 0.0146. The maximum atomic E-state index is 12.7. The minimum Gasteiger partial charge on any atom is -0.311 e. The van der Waals surface area contributed by atoms with E-state index in [0.717, 1.165) is 16.7 Å². The van der Waals surface area contributed by atoms with Gasteiger partial charge in [-0.1, -0.05) is 22.9 Å². The molecule has 2 rings (SSSR count). The zero-order valence-corrected chi connectivity index (χ0v) is 13.3. The van der Waals surface area contributed by atoms with Crippen LogP contribution in [0.4, 0.5) is 5.69 Å². The Kier molecular flexibility index (Phi) is 4.79. The van der Waals surface area contributed by atoms with Crippen molar-refractivity contribution in [2.75, 3.05) is 25.0 Å². The van der Waals surface area contributed by atoms with E-state index in [1.54, 1.807) is 0 Å². The second-order valence-electron chi connectivity index (χ2n) is 5.35. The molecule has 1 amide bonds. The minimum atomic E-state index is -0.353.